The number of unbranched alkanes of at least 4 members (excludes halogenated alkanes) is 6. The van der Waals surface area contributed by atoms with Gasteiger partial charge in [0.1, 0.15) is 11.5 Å². The van der Waals surface area contributed by atoms with Gasteiger partial charge in [0, 0.05) is 0 Å². The zero-order valence-electron chi connectivity index (χ0n) is 20.7. The molecule has 0 aromatic heterocycles. The Hall–Kier alpha value is -1.96. The first-order valence-corrected chi connectivity index (χ1v) is 12.4. The first kappa shape index (κ1) is 25.3. The minimum Gasteiger partial charge on any atom is -0.507 e. The lowest BCUT2D eigenvalue weighted by Crippen LogP contribution is -1.95. The van der Waals surface area contributed by atoms with Crippen LogP contribution in [0.1, 0.15) is 118 Å². The minimum absolute atomic E-state index is 0.362. The molecule has 31 heavy (non-hydrogen) atoms. The zero-order chi connectivity index (χ0) is 23.0. The summed E-state index contributed by atoms with van der Waals surface area (Å²) in [6.07, 6.45) is 11.2. The van der Waals surface area contributed by atoms with Crippen molar-refractivity contribution in [2.24, 2.45) is 0 Å². The van der Waals surface area contributed by atoms with E-state index in [9.17, 15) is 10.2 Å². The fraction of sp³-hybridized carbons (Fsp3) is 0.586. The number of hydrogen-bond donors (Lipinski definition) is 2. The fourth-order valence-corrected chi connectivity index (χ4v) is 4.48. The van der Waals surface area contributed by atoms with Crippen LogP contribution >= 0.6 is 0 Å². The van der Waals surface area contributed by atoms with Gasteiger partial charge in [0.2, 0.25) is 0 Å². The van der Waals surface area contributed by atoms with Crippen molar-refractivity contribution in [1.82, 2.24) is 0 Å². The summed E-state index contributed by atoms with van der Waals surface area (Å²) in [5.74, 6) is 1.67. The molecule has 0 fully saturated rings. The zero-order valence-corrected chi connectivity index (χ0v) is 20.7. The quantitative estimate of drug-likeness (QED) is 0.335. The van der Waals surface area contributed by atoms with Gasteiger partial charge in [0.05, 0.1) is 0 Å². The predicted octanol–water partition coefficient (Wildman–Crippen LogP) is 8.48. The molecule has 0 radical (unpaired) electrons. The summed E-state index contributed by atoms with van der Waals surface area (Å²) in [5.41, 5.74) is 6.91. The second kappa shape index (κ2) is 12.2. The molecule has 0 saturated heterocycles. The molecular weight excluding hydrogens is 380 g/mol. The van der Waals surface area contributed by atoms with Crippen LogP contribution in [0.3, 0.4) is 0 Å². The Morgan fingerprint density at radius 2 is 0.871 bits per heavy atom. The predicted molar refractivity (Wildman–Crippen MR) is 134 cm³/mol. The highest BCUT2D eigenvalue weighted by atomic mass is 16.3. The lowest BCUT2D eigenvalue weighted by molar-refractivity contribution is 0.459. The summed E-state index contributed by atoms with van der Waals surface area (Å²) >= 11 is 0. The Balaban J connectivity index is 1.64. The van der Waals surface area contributed by atoms with Gasteiger partial charge in [-0.3, -0.25) is 0 Å². The van der Waals surface area contributed by atoms with Crippen LogP contribution in [0, 0.1) is 13.8 Å². The number of aryl methyl sites for hydroxylation is 4. The summed E-state index contributed by atoms with van der Waals surface area (Å²) in [6.45, 7) is 12.6. The molecule has 0 saturated carbocycles. The second-order valence-electron chi connectivity index (χ2n) is 9.99. The Morgan fingerprint density at radius 1 is 0.548 bits per heavy atom. The van der Waals surface area contributed by atoms with Crippen molar-refractivity contribution in [3.63, 3.8) is 0 Å². The van der Waals surface area contributed by atoms with E-state index in [1.807, 2.05) is 13.8 Å². The van der Waals surface area contributed by atoms with Gasteiger partial charge in [-0.1, -0.05) is 84.1 Å². The Morgan fingerprint density at radius 3 is 1.19 bits per heavy atom. The van der Waals surface area contributed by atoms with Crippen molar-refractivity contribution >= 4 is 0 Å². The topological polar surface area (TPSA) is 40.5 Å². The third kappa shape index (κ3) is 7.59. The number of aromatic hydroxyl groups is 2. The normalized spacial score (nSPS) is 11.6. The van der Waals surface area contributed by atoms with Gasteiger partial charge < -0.3 is 10.2 Å². The van der Waals surface area contributed by atoms with Crippen LogP contribution in [0.2, 0.25) is 0 Å². The van der Waals surface area contributed by atoms with Crippen LogP contribution in [0.5, 0.6) is 11.5 Å². The number of benzene rings is 2. The molecular formula is C29H44O2. The Kier molecular flexibility index (Phi) is 9.93. The average Bonchev–Trinajstić information content (AvgIpc) is 2.71. The maximum atomic E-state index is 10.2. The molecule has 2 N–H and O–H groups in total. The van der Waals surface area contributed by atoms with Crippen molar-refractivity contribution < 1.29 is 10.2 Å². The molecule has 0 aliphatic rings. The van der Waals surface area contributed by atoms with E-state index >= 15 is 0 Å². The summed E-state index contributed by atoms with van der Waals surface area (Å²) in [4.78, 5) is 0. The molecule has 0 heterocycles. The molecule has 0 unspecified atom stereocenters. The SMILES string of the molecule is Cc1cc(CCCCCCCCCc2cc(C)c(O)c(C(C)C)c2)cc(C(C)C)c1O. The van der Waals surface area contributed by atoms with E-state index in [-0.39, 0.29) is 0 Å². The second-order valence-corrected chi connectivity index (χ2v) is 9.99. The van der Waals surface area contributed by atoms with E-state index in [4.69, 9.17) is 0 Å². The van der Waals surface area contributed by atoms with E-state index in [0.717, 1.165) is 35.1 Å². The van der Waals surface area contributed by atoms with Crippen LogP contribution in [0.25, 0.3) is 0 Å². The minimum atomic E-state index is 0.362. The van der Waals surface area contributed by atoms with Gasteiger partial charge in [-0.25, -0.2) is 0 Å². The molecule has 2 aromatic rings. The van der Waals surface area contributed by atoms with Crippen molar-refractivity contribution in [2.75, 3.05) is 0 Å². The van der Waals surface area contributed by atoms with Gasteiger partial charge in [0.25, 0.3) is 0 Å². The van der Waals surface area contributed by atoms with E-state index in [1.165, 1.54) is 56.1 Å². The molecule has 0 aliphatic carbocycles. The summed E-state index contributed by atoms with van der Waals surface area (Å²) in [5, 5.41) is 20.5. The van der Waals surface area contributed by atoms with E-state index in [2.05, 4.69) is 52.0 Å². The van der Waals surface area contributed by atoms with Crippen LogP contribution < -0.4 is 0 Å². The van der Waals surface area contributed by atoms with Crippen LogP contribution in [0.4, 0.5) is 0 Å². The van der Waals surface area contributed by atoms with Gasteiger partial charge in [-0.05, 0) is 84.7 Å². The molecule has 0 aliphatic heterocycles. The van der Waals surface area contributed by atoms with Gasteiger partial charge in [-0.2, -0.15) is 0 Å². The third-order valence-corrected chi connectivity index (χ3v) is 6.45. The molecule has 0 atom stereocenters. The lowest BCUT2D eigenvalue weighted by atomic mass is 9.94. The molecule has 172 valence electrons. The van der Waals surface area contributed by atoms with Crippen molar-refractivity contribution in [3.8, 4) is 11.5 Å². The molecule has 0 spiro atoms. The number of phenols is 2. The van der Waals surface area contributed by atoms with Gasteiger partial charge in [-0.15, -0.1) is 0 Å². The van der Waals surface area contributed by atoms with E-state index in [0.29, 0.717) is 23.3 Å². The van der Waals surface area contributed by atoms with Crippen molar-refractivity contribution in [2.45, 2.75) is 111 Å². The smallest absolute Gasteiger partial charge is 0.121 e. The molecule has 2 rings (SSSR count). The molecule has 2 heteroatoms. The fourth-order valence-electron chi connectivity index (χ4n) is 4.48. The van der Waals surface area contributed by atoms with Crippen LogP contribution in [-0.4, -0.2) is 10.2 Å². The third-order valence-electron chi connectivity index (χ3n) is 6.45. The maximum Gasteiger partial charge on any atom is 0.121 e. The molecule has 2 aromatic carbocycles. The van der Waals surface area contributed by atoms with Crippen molar-refractivity contribution in [3.05, 3.63) is 57.6 Å². The Labute approximate surface area is 190 Å². The standard InChI is InChI=1S/C29H44O2/c1-20(2)26-18-24(16-22(5)28(26)30)14-12-10-8-7-9-11-13-15-25-17-23(6)29(31)27(19-25)21(3)4/h16-21,30-31H,7-15H2,1-6H3. The number of phenolic OH excluding ortho intramolecular Hbond substituents is 2. The van der Waals surface area contributed by atoms with E-state index < -0.39 is 0 Å². The van der Waals surface area contributed by atoms with Crippen LogP contribution in [-0.2, 0) is 12.8 Å². The summed E-state index contributed by atoms with van der Waals surface area (Å²) < 4.78 is 0. The van der Waals surface area contributed by atoms with Crippen LogP contribution in [0.15, 0.2) is 24.3 Å². The summed E-state index contributed by atoms with van der Waals surface area (Å²) in [6, 6.07) is 8.69. The highest BCUT2D eigenvalue weighted by Gasteiger charge is 2.11. The molecule has 2 nitrogen and oxygen atoms in total. The maximum absolute atomic E-state index is 10.2. The number of rotatable bonds is 12. The Bertz CT molecular complexity index is 764. The monoisotopic (exact) mass is 424 g/mol. The van der Waals surface area contributed by atoms with Crippen molar-refractivity contribution in [1.29, 1.82) is 0 Å². The first-order chi connectivity index (χ1) is 14.7. The van der Waals surface area contributed by atoms with Gasteiger partial charge in [0.15, 0.2) is 0 Å². The average molecular weight is 425 g/mol. The summed E-state index contributed by atoms with van der Waals surface area (Å²) in [7, 11) is 0. The van der Waals surface area contributed by atoms with Gasteiger partial charge >= 0.3 is 0 Å². The number of hydrogen-bond acceptors (Lipinski definition) is 2. The molecule has 0 amide bonds. The highest BCUT2D eigenvalue weighted by Crippen LogP contribution is 2.31. The van der Waals surface area contributed by atoms with E-state index in [1.54, 1.807) is 0 Å². The molecule has 0 bridgehead atoms. The lowest BCUT2D eigenvalue weighted by Gasteiger charge is -2.14. The highest BCUT2D eigenvalue weighted by molar-refractivity contribution is 5.45. The largest absolute Gasteiger partial charge is 0.507 e. The first-order valence-electron chi connectivity index (χ1n) is 12.4.